The smallest absolute Gasteiger partial charge is 0.243 e. The molecule has 4 nitrogen and oxygen atoms in total. The molecule has 3 aliphatic carbocycles. The maximum Gasteiger partial charge on any atom is 0.243 e. The number of carbonyl (C=O) groups excluding carboxylic acids is 2. The Bertz CT molecular complexity index is 758. The Balaban J connectivity index is 1.49. The van der Waals surface area contributed by atoms with Crippen molar-refractivity contribution in [2.75, 3.05) is 0 Å². The van der Waals surface area contributed by atoms with E-state index in [0.717, 1.165) is 44.9 Å². The van der Waals surface area contributed by atoms with Gasteiger partial charge in [-0.25, -0.2) is 8.78 Å². The van der Waals surface area contributed by atoms with E-state index in [1.165, 1.54) is 0 Å². The van der Waals surface area contributed by atoms with E-state index in [4.69, 9.17) is 0 Å². The number of carbonyl (C=O) groups is 2. The normalized spacial score (nSPS) is 42.2. The van der Waals surface area contributed by atoms with Crippen molar-refractivity contribution in [3.05, 3.63) is 0 Å². The molecular formula is C27H44F2N2O2. The average molecular weight is 467 g/mol. The summed E-state index contributed by atoms with van der Waals surface area (Å²) in [4.78, 5) is 25.5. The molecule has 188 valence electrons. The number of nitrogens with one attached hydrogen (secondary N) is 2. The Morgan fingerprint density at radius 1 is 1.03 bits per heavy atom. The fraction of sp³-hybridized carbons (Fsp3) is 0.926. The van der Waals surface area contributed by atoms with Gasteiger partial charge in [-0.15, -0.1) is 0 Å². The summed E-state index contributed by atoms with van der Waals surface area (Å²) >= 11 is 0. The molecule has 1 heterocycles. The second-order valence-electron chi connectivity index (χ2n) is 12.7. The van der Waals surface area contributed by atoms with Gasteiger partial charge in [0.15, 0.2) is 0 Å². The van der Waals surface area contributed by atoms with Crippen LogP contribution in [0.15, 0.2) is 0 Å². The summed E-state index contributed by atoms with van der Waals surface area (Å²) in [5.41, 5.74) is 0.108. The Morgan fingerprint density at radius 2 is 1.73 bits per heavy atom. The minimum Gasteiger partial charge on any atom is -0.353 e. The number of hydrogen-bond acceptors (Lipinski definition) is 2. The molecule has 0 aromatic rings. The Kier molecular flexibility index (Phi) is 6.88. The Labute approximate surface area is 198 Å². The van der Waals surface area contributed by atoms with E-state index >= 15 is 0 Å². The second-order valence-corrected chi connectivity index (χ2v) is 12.7. The molecule has 0 aromatic carbocycles. The minimum absolute atomic E-state index is 0.00132. The van der Waals surface area contributed by atoms with Crippen LogP contribution in [0.5, 0.6) is 0 Å². The number of hydrogen-bond donors (Lipinski definition) is 2. The number of amides is 2. The first-order chi connectivity index (χ1) is 15.5. The lowest BCUT2D eigenvalue weighted by atomic mass is 9.47. The summed E-state index contributed by atoms with van der Waals surface area (Å²) < 4.78 is 27.0. The Morgan fingerprint density at radius 3 is 2.39 bits per heavy atom. The molecule has 1 saturated heterocycles. The van der Waals surface area contributed by atoms with Crippen molar-refractivity contribution in [1.29, 1.82) is 0 Å². The maximum absolute atomic E-state index is 13.5. The molecule has 4 rings (SSSR count). The summed E-state index contributed by atoms with van der Waals surface area (Å²) in [5, 5.41) is 6.37. The molecule has 4 aliphatic rings. The van der Waals surface area contributed by atoms with Gasteiger partial charge in [0.1, 0.15) is 0 Å². The zero-order valence-electron chi connectivity index (χ0n) is 21.1. The monoisotopic (exact) mass is 466 g/mol. The standard InChI is InChI=1S/C27H44F2N2O2/c1-15(2)14-21(16(3)24(28)29)30-25(33)20-8-7-18-17-6-9-22-27(5,13-11-23(32)31-22)19(17)10-12-26(18,20)4/h15-22,24H,6-14H2,1-5H3,(H,30,33)(H,31,32)/t16?,17-,18-,19+,20?,21?,22?,26-,27+/m0/s1. The van der Waals surface area contributed by atoms with Gasteiger partial charge < -0.3 is 10.6 Å². The number of fused-ring (bicyclic) bond motifs is 5. The molecule has 33 heavy (non-hydrogen) atoms. The lowest BCUT2D eigenvalue weighted by Crippen LogP contribution is -2.61. The number of alkyl halides is 2. The molecule has 9 atom stereocenters. The number of rotatable bonds is 6. The van der Waals surface area contributed by atoms with Gasteiger partial charge in [-0.1, -0.05) is 34.6 Å². The lowest BCUT2D eigenvalue weighted by Gasteiger charge is -2.60. The van der Waals surface area contributed by atoms with Crippen molar-refractivity contribution in [3.8, 4) is 0 Å². The first-order valence-corrected chi connectivity index (χ1v) is 13.3. The predicted octanol–water partition coefficient (Wildman–Crippen LogP) is 5.56. The van der Waals surface area contributed by atoms with Crippen molar-refractivity contribution >= 4 is 11.8 Å². The van der Waals surface area contributed by atoms with Crippen LogP contribution in [0.4, 0.5) is 8.78 Å². The third-order valence-electron chi connectivity index (χ3n) is 10.5. The van der Waals surface area contributed by atoms with Crippen LogP contribution in [-0.2, 0) is 9.59 Å². The summed E-state index contributed by atoms with van der Waals surface area (Å²) in [6, 6.07) is -0.186. The fourth-order valence-corrected chi connectivity index (χ4v) is 8.50. The van der Waals surface area contributed by atoms with Crippen LogP contribution in [0, 0.1) is 46.3 Å². The zero-order valence-corrected chi connectivity index (χ0v) is 21.1. The van der Waals surface area contributed by atoms with Crippen LogP contribution in [0.1, 0.15) is 92.4 Å². The van der Waals surface area contributed by atoms with Gasteiger partial charge >= 0.3 is 0 Å². The van der Waals surface area contributed by atoms with Crippen LogP contribution >= 0.6 is 0 Å². The Hall–Kier alpha value is -1.20. The third-order valence-corrected chi connectivity index (χ3v) is 10.5. The van der Waals surface area contributed by atoms with Crippen LogP contribution < -0.4 is 10.6 Å². The highest BCUT2D eigenvalue weighted by Crippen LogP contribution is 2.65. The summed E-state index contributed by atoms with van der Waals surface area (Å²) in [6.45, 7) is 10.3. The van der Waals surface area contributed by atoms with Crippen LogP contribution in [-0.4, -0.2) is 30.3 Å². The molecule has 0 radical (unpaired) electrons. The molecule has 0 spiro atoms. The van der Waals surface area contributed by atoms with Gasteiger partial charge in [-0.3, -0.25) is 9.59 Å². The molecule has 6 heteroatoms. The second kappa shape index (κ2) is 9.11. The van der Waals surface area contributed by atoms with Crippen molar-refractivity contribution in [2.45, 2.75) is 111 Å². The van der Waals surface area contributed by atoms with Crippen LogP contribution in [0.3, 0.4) is 0 Å². The molecule has 0 aromatic heterocycles. The van der Waals surface area contributed by atoms with Crippen molar-refractivity contribution < 1.29 is 18.4 Å². The summed E-state index contributed by atoms with van der Waals surface area (Å²) in [7, 11) is 0. The largest absolute Gasteiger partial charge is 0.353 e. The highest BCUT2D eigenvalue weighted by atomic mass is 19.3. The third kappa shape index (κ3) is 4.33. The van der Waals surface area contributed by atoms with E-state index in [0.29, 0.717) is 30.6 Å². The zero-order chi connectivity index (χ0) is 24.1. The quantitative estimate of drug-likeness (QED) is 0.539. The lowest BCUT2D eigenvalue weighted by molar-refractivity contribution is -0.142. The molecule has 1 aliphatic heterocycles. The van der Waals surface area contributed by atoms with Gasteiger partial charge in [0, 0.05) is 30.3 Å². The molecule has 2 N–H and O–H groups in total. The van der Waals surface area contributed by atoms with Crippen molar-refractivity contribution in [2.24, 2.45) is 46.3 Å². The van der Waals surface area contributed by atoms with Gasteiger partial charge in [0.2, 0.25) is 18.2 Å². The van der Waals surface area contributed by atoms with E-state index in [2.05, 4.69) is 24.5 Å². The van der Waals surface area contributed by atoms with E-state index in [1.54, 1.807) is 6.92 Å². The number of piperidine rings is 1. The molecule has 3 saturated carbocycles. The number of halogens is 2. The molecule has 4 fully saturated rings. The fourth-order valence-electron chi connectivity index (χ4n) is 8.50. The first-order valence-electron chi connectivity index (χ1n) is 13.3. The summed E-state index contributed by atoms with van der Waals surface area (Å²) in [5.74, 6) is 1.25. The van der Waals surface area contributed by atoms with Crippen molar-refractivity contribution in [1.82, 2.24) is 10.6 Å². The molecule has 2 amide bonds. The highest BCUT2D eigenvalue weighted by Gasteiger charge is 2.61. The van der Waals surface area contributed by atoms with E-state index in [1.807, 2.05) is 13.8 Å². The molecular weight excluding hydrogens is 422 g/mol. The van der Waals surface area contributed by atoms with E-state index in [9.17, 15) is 18.4 Å². The van der Waals surface area contributed by atoms with Gasteiger partial charge in [-0.2, -0.15) is 0 Å². The molecule has 0 bridgehead atoms. The van der Waals surface area contributed by atoms with Gasteiger partial charge in [0.05, 0.1) is 0 Å². The van der Waals surface area contributed by atoms with Crippen LogP contribution in [0.25, 0.3) is 0 Å². The van der Waals surface area contributed by atoms with Gasteiger partial charge in [0.25, 0.3) is 0 Å². The van der Waals surface area contributed by atoms with Crippen molar-refractivity contribution in [3.63, 3.8) is 0 Å². The first kappa shape index (κ1) is 24.9. The SMILES string of the molecule is CC(C)CC(NC(=O)C1CC[C@H]2[C@@H]3CCC4NC(=O)CC[C@]4(C)[C@@H]3CC[C@]12C)C(C)C(F)F. The van der Waals surface area contributed by atoms with E-state index < -0.39 is 18.4 Å². The maximum atomic E-state index is 13.5. The van der Waals surface area contributed by atoms with Gasteiger partial charge in [-0.05, 0) is 85.9 Å². The topological polar surface area (TPSA) is 58.2 Å². The summed E-state index contributed by atoms with van der Waals surface area (Å²) in [6.07, 6.45) is 5.96. The minimum atomic E-state index is -2.43. The highest BCUT2D eigenvalue weighted by molar-refractivity contribution is 5.80. The van der Waals surface area contributed by atoms with E-state index in [-0.39, 0.29) is 40.5 Å². The average Bonchev–Trinajstić information content (AvgIpc) is 3.10. The molecule has 4 unspecified atom stereocenters. The van der Waals surface area contributed by atoms with Crippen LogP contribution in [0.2, 0.25) is 0 Å². The predicted molar refractivity (Wildman–Crippen MR) is 126 cm³/mol.